The van der Waals surface area contributed by atoms with Gasteiger partial charge in [0.1, 0.15) is 19.3 Å². The minimum Gasteiger partial charge on any atom is -0.462 e. The van der Waals surface area contributed by atoms with E-state index in [2.05, 4.69) is 72.8 Å². The maximum Gasteiger partial charge on any atom is 0.472 e. The summed E-state index contributed by atoms with van der Waals surface area (Å²) in [5.41, 5.74) is 0. The predicted molar refractivity (Wildman–Crippen MR) is 367 cm³/mol. The minimum atomic E-state index is -4.96. The van der Waals surface area contributed by atoms with Gasteiger partial charge in [-0.05, 0) is 69.1 Å². The number of phosphoric acid groups is 2. The summed E-state index contributed by atoms with van der Waals surface area (Å²) in [7, 11) is -9.92. The first-order chi connectivity index (χ1) is 43.7. The predicted octanol–water partition coefficient (Wildman–Crippen LogP) is 20.2. The third-order valence-corrected chi connectivity index (χ3v) is 17.9. The van der Waals surface area contributed by atoms with Crippen molar-refractivity contribution in [1.29, 1.82) is 0 Å². The molecule has 536 valence electrons. The molecule has 17 nitrogen and oxygen atoms in total. The van der Waals surface area contributed by atoms with Gasteiger partial charge in [-0.15, -0.1) is 0 Å². The Bertz CT molecular complexity index is 1880. The van der Waals surface area contributed by atoms with Crippen molar-refractivity contribution >= 4 is 39.5 Å². The molecule has 0 aliphatic heterocycles. The van der Waals surface area contributed by atoms with Crippen LogP contribution in [0.1, 0.15) is 337 Å². The highest BCUT2D eigenvalue weighted by molar-refractivity contribution is 7.47. The van der Waals surface area contributed by atoms with E-state index in [1.807, 2.05) is 0 Å². The lowest BCUT2D eigenvalue weighted by atomic mass is 10.0. The van der Waals surface area contributed by atoms with Crippen molar-refractivity contribution in [3.05, 3.63) is 24.3 Å². The maximum atomic E-state index is 13.0. The molecule has 0 bridgehead atoms. The van der Waals surface area contributed by atoms with Gasteiger partial charge in [0.15, 0.2) is 12.2 Å². The fourth-order valence-electron chi connectivity index (χ4n) is 10.4. The quantitative estimate of drug-likeness (QED) is 0.0169. The lowest BCUT2D eigenvalue weighted by Gasteiger charge is -2.21. The van der Waals surface area contributed by atoms with E-state index in [1.165, 1.54) is 122 Å². The van der Waals surface area contributed by atoms with Gasteiger partial charge in [0.05, 0.1) is 26.4 Å². The molecule has 0 saturated heterocycles. The van der Waals surface area contributed by atoms with Gasteiger partial charge in [-0.25, -0.2) is 9.13 Å². The Morgan fingerprint density at radius 3 is 0.890 bits per heavy atom. The number of aliphatic hydroxyl groups is 1. The van der Waals surface area contributed by atoms with Crippen LogP contribution in [0.25, 0.3) is 0 Å². The number of phosphoric ester groups is 2. The molecular formula is C72H136O17P2. The van der Waals surface area contributed by atoms with E-state index in [-0.39, 0.29) is 25.7 Å². The van der Waals surface area contributed by atoms with E-state index in [0.717, 1.165) is 121 Å². The Morgan fingerprint density at radius 2 is 0.593 bits per heavy atom. The summed E-state index contributed by atoms with van der Waals surface area (Å²) in [4.78, 5) is 72.5. The summed E-state index contributed by atoms with van der Waals surface area (Å²) < 4.78 is 68.2. The average Bonchev–Trinajstić information content (AvgIpc) is 3.66. The third kappa shape index (κ3) is 66.0. The van der Waals surface area contributed by atoms with Crippen molar-refractivity contribution in [3.63, 3.8) is 0 Å². The molecule has 2 unspecified atom stereocenters. The summed E-state index contributed by atoms with van der Waals surface area (Å²) in [5.74, 6) is -0.00411. The molecule has 3 N–H and O–H groups in total. The number of hydrogen-bond acceptors (Lipinski definition) is 15. The topological polar surface area (TPSA) is 237 Å². The van der Waals surface area contributed by atoms with Crippen LogP contribution in [0.2, 0.25) is 0 Å². The molecule has 0 aromatic heterocycles. The van der Waals surface area contributed by atoms with Crippen molar-refractivity contribution < 1.29 is 80.2 Å². The molecule has 0 spiro atoms. The Hall–Kier alpha value is -2.46. The van der Waals surface area contributed by atoms with E-state index in [9.17, 15) is 43.2 Å². The largest absolute Gasteiger partial charge is 0.472 e. The van der Waals surface area contributed by atoms with Crippen LogP contribution in [-0.2, 0) is 65.4 Å². The molecule has 0 heterocycles. The lowest BCUT2D eigenvalue weighted by Crippen LogP contribution is -2.30. The van der Waals surface area contributed by atoms with Crippen LogP contribution in [0.15, 0.2) is 24.3 Å². The molecule has 0 rings (SSSR count). The molecule has 91 heavy (non-hydrogen) atoms. The van der Waals surface area contributed by atoms with Gasteiger partial charge >= 0.3 is 39.5 Å². The molecular weight excluding hydrogens is 1200 g/mol. The molecule has 5 atom stereocenters. The number of carbonyl (C=O) groups is 4. The van der Waals surface area contributed by atoms with Gasteiger partial charge in [-0.1, -0.05) is 285 Å². The fourth-order valence-corrected chi connectivity index (χ4v) is 11.9. The Balaban J connectivity index is 5.22. The number of carbonyl (C=O) groups excluding carboxylic acids is 4. The zero-order valence-corrected chi connectivity index (χ0v) is 60.6. The number of rotatable bonds is 68. The summed E-state index contributed by atoms with van der Waals surface area (Å²) in [5, 5.41) is 10.6. The fraction of sp³-hybridized carbons (Fsp3) is 0.889. The van der Waals surface area contributed by atoms with Gasteiger partial charge in [-0.3, -0.25) is 37.3 Å². The number of aliphatic hydroxyl groups excluding tert-OH is 1. The summed E-state index contributed by atoms with van der Waals surface area (Å²) in [6.07, 6.45) is 49.8. The number of unbranched alkanes of at least 4 members (excludes halogenated alkanes) is 33. The minimum absolute atomic E-state index is 0.0835. The maximum absolute atomic E-state index is 13.0. The molecule has 0 aromatic carbocycles. The number of hydrogen-bond donors (Lipinski definition) is 3. The second kappa shape index (κ2) is 62.4. The second-order valence-electron chi connectivity index (χ2n) is 26.7. The smallest absolute Gasteiger partial charge is 0.462 e. The Labute approximate surface area is 554 Å². The molecule has 0 aliphatic carbocycles. The van der Waals surface area contributed by atoms with Crippen LogP contribution in [0.4, 0.5) is 0 Å². The Kier molecular flexibility index (Phi) is 60.7. The SMILES string of the molecule is CCCCCC/C=C\C=C/CCCCCCCC(=O)O[C@H](COC(=O)CCCCCCCCC(C)C)COP(=O)(O)OC[C@H](O)COP(=O)(O)OC[C@@H](COC(=O)CCCCCCCCC(C)C)OC(=O)CCCCCCCCCCCCCCCCCC(C)C. The van der Waals surface area contributed by atoms with Crippen molar-refractivity contribution in [3.8, 4) is 0 Å². The van der Waals surface area contributed by atoms with Crippen LogP contribution in [0.3, 0.4) is 0 Å². The average molecular weight is 1340 g/mol. The molecule has 0 radical (unpaired) electrons. The van der Waals surface area contributed by atoms with Gasteiger partial charge in [0.2, 0.25) is 0 Å². The summed E-state index contributed by atoms with van der Waals surface area (Å²) in [6.45, 7) is 11.7. The monoisotopic (exact) mass is 1330 g/mol. The molecule has 0 fully saturated rings. The Morgan fingerprint density at radius 1 is 0.341 bits per heavy atom. The van der Waals surface area contributed by atoms with Gasteiger partial charge in [0.25, 0.3) is 0 Å². The normalized spacial score (nSPS) is 14.3. The molecule has 19 heteroatoms. The highest BCUT2D eigenvalue weighted by Crippen LogP contribution is 2.45. The first-order valence-corrected chi connectivity index (χ1v) is 39.7. The van der Waals surface area contributed by atoms with Gasteiger partial charge in [-0.2, -0.15) is 0 Å². The van der Waals surface area contributed by atoms with Crippen molar-refractivity contribution in [2.24, 2.45) is 17.8 Å². The van der Waals surface area contributed by atoms with E-state index >= 15 is 0 Å². The van der Waals surface area contributed by atoms with Crippen LogP contribution in [0, 0.1) is 17.8 Å². The summed E-state index contributed by atoms with van der Waals surface area (Å²) >= 11 is 0. The van der Waals surface area contributed by atoms with Crippen molar-refractivity contribution in [2.75, 3.05) is 39.6 Å². The van der Waals surface area contributed by atoms with Crippen LogP contribution < -0.4 is 0 Å². The van der Waals surface area contributed by atoms with Crippen molar-refractivity contribution in [2.45, 2.75) is 356 Å². The number of esters is 4. The second-order valence-corrected chi connectivity index (χ2v) is 29.6. The molecule has 0 amide bonds. The van der Waals surface area contributed by atoms with Gasteiger partial charge < -0.3 is 33.8 Å². The van der Waals surface area contributed by atoms with Crippen LogP contribution >= 0.6 is 15.6 Å². The summed E-state index contributed by atoms with van der Waals surface area (Å²) in [6, 6.07) is 0. The van der Waals surface area contributed by atoms with E-state index in [4.69, 9.17) is 37.0 Å². The van der Waals surface area contributed by atoms with E-state index in [0.29, 0.717) is 37.5 Å². The highest BCUT2D eigenvalue weighted by Gasteiger charge is 2.30. The molecule has 0 saturated carbocycles. The van der Waals surface area contributed by atoms with Crippen LogP contribution in [0.5, 0.6) is 0 Å². The number of allylic oxidation sites excluding steroid dienone is 4. The highest BCUT2D eigenvalue weighted by atomic mass is 31.2. The van der Waals surface area contributed by atoms with Crippen molar-refractivity contribution in [1.82, 2.24) is 0 Å². The van der Waals surface area contributed by atoms with E-state index < -0.39 is 97.5 Å². The van der Waals surface area contributed by atoms with E-state index in [1.54, 1.807) is 0 Å². The molecule has 0 aromatic rings. The standard InChI is InChI=1S/C72H136O17P2/c1-8-9-10-11-12-13-14-15-17-21-24-27-30-41-48-55-71(76)88-67(59-82-69(74)53-46-39-34-32-37-44-51-64(4)5)61-86-90(78,79)84-57-66(73)58-85-91(80,81)87-62-68(60-83-70(75)54-47-40-35-33-38-45-52-65(6)7)89-72(77)56-49-42-31-28-25-22-19-16-18-20-23-26-29-36-43-50-63(2)3/h13-15,17,63-68,73H,8-12,16,18-62H2,1-7H3,(H,78,79)(H,80,81)/b14-13-,17-15-/t66-,67+,68+/m0/s1. The zero-order valence-electron chi connectivity index (χ0n) is 58.8. The number of ether oxygens (including phenoxy) is 4. The first kappa shape index (κ1) is 88.5. The lowest BCUT2D eigenvalue weighted by molar-refractivity contribution is -0.161. The zero-order chi connectivity index (χ0) is 67.3. The van der Waals surface area contributed by atoms with Crippen LogP contribution in [-0.4, -0.2) is 96.7 Å². The molecule has 0 aliphatic rings. The first-order valence-electron chi connectivity index (χ1n) is 36.7. The third-order valence-electron chi connectivity index (χ3n) is 16.0. The van der Waals surface area contributed by atoms with Gasteiger partial charge in [0, 0.05) is 25.7 Å².